The first-order valence-corrected chi connectivity index (χ1v) is 8.54. The molecule has 0 spiro atoms. The summed E-state index contributed by atoms with van der Waals surface area (Å²) in [5.41, 5.74) is 0.455. The fourth-order valence-electron chi connectivity index (χ4n) is 3.42. The number of thioether (sulfide) groups is 1. The Morgan fingerprint density at radius 3 is 2.61 bits per heavy atom. The highest BCUT2D eigenvalue weighted by molar-refractivity contribution is 8.00. The maximum Gasteiger partial charge on any atom is 0.0476 e. The molecule has 0 bridgehead atoms. The SMILES string of the molecule is CCNC1C(SC2CCOCC2)CCCC1(C)C. The zero-order valence-corrected chi connectivity index (χ0v) is 13.0. The number of hydrogen-bond acceptors (Lipinski definition) is 3. The highest BCUT2D eigenvalue weighted by atomic mass is 32.2. The predicted molar refractivity (Wildman–Crippen MR) is 80.3 cm³/mol. The van der Waals surface area contributed by atoms with E-state index in [9.17, 15) is 0 Å². The Bertz CT molecular complexity index is 251. The van der Waals surface area contributed by atoms with Crippen LogP contribution in [0.3, 0.4) is 0 Å². The van der Waals surface area contributed by atoms with Crippen LogP contribution in [-0.2, 0) is 4.74 Å². The van der Waals surface area contributed by atoms with Crippen LogP contribution in [0.1, 0.15) is 52.9 Å². The van der Waals surface area contributed by atoms with Crippen molar-refractivity contribution < 1.29 is 4.74 Å². The molecule has 2 unspecified atom stereocenters. The molecule has 1 N–H and O–H groups in total. The van der Waals surface area contributed by atoms with E-state index < -0.39 is 0 Å². The minimum absolute atomic E-state index is 0.455. The molecule has 1 saturated carbocycles. The lowest BCUT2D eigenvalue weighted by molar-refractivity contribution is 0.0995. The summed E-state index contributed by atoms with van der Waals surface area (Å²) >= 11 is 2.25. The summed E-state index contributed by atoms with van der Waals surface area (Å²) in [6.45, 7) is 10.2. The van der Waals surface area contributed by atoms with Gasteiger partial charge in [-0.25, -0.2) is 0 Å². The van der Waals surface area contributed by atoms with Crippen LogP contribution in [0.15, 0.2) is 0 Å². The second-order valence-corrected chi connectivity index (χ2v) is 7.95. The fourth-order valence-corrected chi connectivity index (χ4v) is 5.30. The van der Waals surface area contributed by atoms with Crippen LogP contribution in [0.2, 0.25) is 0 Å². The lowest BCUT2D eigenvalue weighted by Gasteiger charge is -2.45. The number of ether oxygens (including phenoxy) is 1. The van der Waals surface area contributed by atoms with E-state index in [2.05, 4.69) is 37.8 Å². The highest BCUT2D eigenvalue weighted by Crippen LogP contribution is 2.43. The van der Waals surface area contributed by atoms with Crippen molar-refractivity contribution in [3.63, 3.8) is 0 Å². The van der Waals surface area contributed by atoms with Crippen LogP contribution in [0, 0.1) is 5.41 Å². The average molecular weight is 271 g/mol. The molecule has 18 heavy (non-hydrogen) atoms. The van der Waals surface area contributed by atoms with Gasteiger partial charge in [0.15, 0.2) is 0 Å². The molecule has 0 amide bonds. The van der Waals surface area contributed by atoms with Crippen molar-refractivity contribution >= 4 is 11.8 Å². The van der Waals surface area contributed by atoms with Gasteiger partial charge in [-0.3, -0.25) is 0 Å². The van der Waals surface area contributed by atoms with Crippen LogP contribution in [0.4, 0.5) is 0 Å². The average Bonchev–Trinajstić information content (AvgIpc) is 2.35. The third kappa shape index (κ3) is 3.64. The van der Waals surface area contributed by atoms with Gasteiger partial charge in [0.05, 0.1) is 0 Å². The van der Waals surface area contributed by atoms with E-state index in [0.29, 0.717) is 11.5 Å². The lowest BCUT2D eigenvalue weighted by atomic mass is 9.73. The van der Waals surface area contributed by atoms with Crippen molar-refractivity contribution in [3.8, 4) is 0 Å². The quantitative estimate of drug-likeness (QED) is 0.846. The number of rotatable bonds is 4. The van der Waals surface area contributed by atoms with Crippen molar-refractivity contribution in [2.45, 2.75) is 69.4 Å². The second-order valence-electron chi connectivity index (χ2n) is 6.40. The van der Waals surface area contributed by atoms with Crippen LogP contribution < -0.4 is 5.32 Å². The molecule has 0 aromatic carbocycles. The van der Waals surface area contributed by atoms with E-state index >= 15 is 0 Å². The maximum absolute atomic E-state index is 5.48. The van der Waals surface area contributed by atoms with Crippen LogP contribution in [0.25, 0.3) is 0 Å². The molecule has 0 radical (unpaired) electrons. The molecule has 2 nitrogen and oxygen atoms in total. The summed E-state index contributed by atoms with van der Waals surface area (Å²) in [6.07, 6.45) is 6.66. The Morgan fingerprint density at radius 1 is 1.22 bits per heavy atom. The Kier molecular flexibility index (Phi) is 5.40. The van der Waals surface area contributed by atoms with Crippen molar-refractivity contribution in [1.29, 1.82) is 0 Å². The third-order valence-electron chi connectivity index (χ3n) is 4.48. The maximum atomic E-state index is 5.48. The van der Waals surface area contributed by atoms with E-state index in [0.717, 1.165) is 30.3 Å². The number of nitrogens with one attached hydrogen (secondary N) is 1. The van der Waals surface area contributed by atoms with Gasteiger partial charge >= 0.3 is 0 Å². The Balaban J connectivity index is 1.95. The Morgan fingerprint density at radius 2 is 1.94 bits per heavy atom. The molecule has 2 aliphatic rings. The molecule has 1 aliphatic carbocycles. The molecule has 2 rings (SSSR count). The van der Waals surface area contributed by atoms with E-state index in [1.54, 1.807) is 0 Å². The van der Waals surface area contributed by atoms with E-state index in [4.69, 9.17) is 4.74 Å². The third-order valence-corrected chi connectivity index (χ3v) is 6.20. The molecule has 106 valence electrons. The van der Waals surface area contributed by atoms with Gasteiger partial charge in [-0.1, -0.05) is 27.2 Å². The molecule has 0 aromatic heterocycles. The molecule has 2 fully saturated rings. The largest absolute Gasteiger partial charge is 0.381 e. The minimum atomic E-state index is 0.455. The normalized spacial score (nSPS) is 33.5. The standard InChI is InChI=1S/C15H29NOS/c1-4-16-14-13(6-5-9-15(14,2)3)18-12-7-10-17-11-8-12/h12-14,16H,4-11H2,1-3H3. The van der Waals surface area contributed by atoms with Gasteiger partial charge in [0, 0.05) is 29.8 Å². The van der Waals surface area contributed by atoms with Gasteiger partial charge in [0.25, 0.3) is 0 Å². The first-order chi connectivity index (χ1) is 8.63. The zero-order chi connectivity index (χ0) is 13.0. The van der Waals surface area contributed by atoms with E-state index in [-0.39, 0.29) is 0 Å². The summed E-state index contributed by atoms with van der Waals surface area (Å²) in [4.78, 5) is 0. The second kappa shape index (κ2) is 6.62. The summed E-state index contributed by atoms with van der Waals surface area (Å²) < 4.78 is 5.48. The predicted octanol–water partition coefficient (Wildman–Crippen LogP) is 3.46. The van der Waals surface area contributed by atoms with Gasteiger partial charge in [-0.15, -0.1) is 0 Å². The molecule has 2 atom stereocenters. The Labute approximate surface area is 117 Å². The summed E-state index contributed by atoms with van der Waals surface area (Å²) in [7, 11) is 0. The molecular formula is C15H29NOS. The fraction of sp³-hybridized carbons (Fsp3) is 1.00. The molecule has 1 aliphatic heterocycles. The summed E-state index contributed by atoms with van der Waals surface area (Å²) in [5, 5.41) is 5.40. The lowest BCUT2D eigenvalue weighted by Crippen LogP contribution is -2.51. The summed E-state index contributed by atoms with van der Waals surface area (Å²) in [6, 6.07) is 0.684. The van der Waals surface area contributed by atoms with Crippen molar-refractivity contribution in [3.05, 3.63) is 0 Å². The van der Waals surface area contributed by atoms with Crippen LogP contribution in [0.5, 0.6) is 0 Å². The highest BCUT2D eigenvalue weighted by Gasteiger charge is 2.39. The van der Waals surface area contributed by atoms with Crippen molar-refractivity contribution in [1.82, 2.24) is 5.32 Å². The molecule has 0 aromatic rings. The van der Waals surface area contributed by atoms with Crippen molar-refractivity contribution in [2.24, 2.45) is 5.41 Å². The molecule has 3 heteroatoms. The van der Waals surface area contributed by atoms with Crippen LogP contribution >= 0.6 is 11.8 Å². The molecular weight excluding hydrogens is 242 g/mol. The van der Waals surface area contributed by atoms with Gasteiger partial charge in [0.2, 0.25) is 0 Å². The zero-order valence-electron chi connectivity index (χ0n) is 12.2. The first kappa shape index (κ1) is 14.7. The van der Waals surface area contributed by atoms with Crippen molar-refractivity contribution in [2.75, 3.05) is 19.8 Å². The number of hydrogen-bond donors (Lipinski definition) is 1. The van der Waals surface area contributed by atoms with Gasteiger partial charge in [0.1, 0.15) is 0 Å². The van der Waals surface area contributed by atoms with Gasteiger partial charge in [-0.2, -0.15) is 11.8 Å². The Hall–Kier alpha value is 0.270. The van der Waals surface area contributed by atoms with Gasteiger partial charge in [-0.05, 0) is 37.6 Å². The van der Waals surface area contributed by atoms with Crippen LogP contribution in [-0.4, -0.2) is 36.3 Å². The summed E-state index contributed by atoms with van der Waals surface area (Å²) in [5.74, 6) is 0. The minimum Gasteiger partial charge on any atom is -0.381 e. The first-order valence-electron chi connectivity index (χ1n) is 7.60. The van der Waals surface area contributed by atoms with E-state index in [1.807, 2.05) is 0 Å². The topological polar surface area (TPSA) is 21.3 Å². The van der Waals surface area contributed by atoms with E-state index in [1.165, 1.54) is 32.1 Å². The van der Waals surface area contributed by atoms with Gasteiger partial charge < -0.3 is 10.1 Å². The smallest absolute Gasteiger partial charge is 0.0476 e. The molecule has 1 heterocycles. The monoisotopic (exact) mass is 271 g/mol. The molecule has 1 saturated heterocycles.